The maximum Gasteiger partial charge on any atom is 0.316 e. The van der Waals surface area contributed by atoms with Crippen molar-refractivity contribution in [1.82, 2.24) is 4.31 Å². The van der Waals surface area contributed by atoms with E-state index in [1.165, 1.54) is 11.4 Å². The van der Waals surface area contributed by atoms with Gasteiger partial charge in [-0.25, -0.2) is 13.3 Å². The summed E-state index contributed by atoms with van der Waals surface area (Å²) in [5, 5.41) is 0. The average Bonchev–Trinajstić information content (AvgIpc) is 3.18. The van der Waals surface area contributed by atoms with Crippen molar-refractivity contribution in [2.24, 2.45) is 0 Å². The second-order valence-corrected chi connectivity index (χ2v) is 10.2. The molecule has 1 unspecified atom stereocenters. The van der Waals surface area contributed by atoms with Gasteiger partial charge in [0, 0.05) is 62.1 Å². The van der Waals surface area contributed by atoms with Crippen molar-refractivity contribution < 1.29 is 23.0 Å². The summed E-state index contributed by atoms with van der Waals surface area (Å²) in [5.41, 5.74) is 3.03. The number of fused-ring (bicyclic) bond motifs is 1. The number of hydrogen-bond donors (Lipinski definition) is 0. The first kappa shape index (κ1) is 23.2. The lowest BCUT2D eigenvalue weighted by Crippen LogP contribution is -2.48. The van der Waals surface area contributed by atoms with Crippen LogP contribution in [0.5, 0.6) is 0 Å². The van der Waals surface area contributed by atoms with Crippen molar-refractivity contribution in [3.63, 3.8) is 0 Å². The Balaban J connectivity index is 1.46. The first-order valence-corrected chi connectivity index (χ1v) is 12.5. The van der Waals surface area contributed by atoms with Crippen LogP contribution >= 0.6 is 0 Å². The lowest BCUT2D eigenvalue weighted by molar-refractivity contribution is -0.736. The normalized spacial score (nSPS) is 18.8. The van der Waals surface area contributed by atoms with E-state index in [9.17, 15) is 18.1 Å². The van der Waals surface area contributed by atoms with Crippen molar-refractivity contribution in [3.8, 4) is 0 Å². The van der Waals surface area contributed by atoms with E-state index in [1.54, 1.807) is 35.2 Å². The number of anilines is 2. The first-order chi connectivity index (χ1) is 15.8. The van der Waals surface area contributed by atoms with E-state index < -0.39 is 10.0 Å². The summed E-state index contributed by atoms with van der Waals surface area (Å²) in [4.78, 5) is 33.0. The maximum absolute atomic E-state index is 13.3. The summed E-state index contributed by atoms with van der Waals surface area (Å²) in [6.07, 6.45) is 1.07. The number of carbonyl (C=O) groups excluding carboxylic acids is 1. The van der Waals surface area contributed by atoms with Gasteiger partial charge in [0.05, 0.1) is 9.80 Å². The standard InChI is InChI=1S/C23H29N4O5S/c1-4-23(28)26-17(2)15-18-16-21(9-10-22(18)26)33(30,31)25-13-11-24(12-14-25)19-5-7-20(8-6-19)27(29)32-3/h5-10,16-17H,4,11-15H2,1-3H3/q+1. The molecule has 1 atom stereocenters. The van der Waals surface area contributed by atoms with E-state index >= 15 is 0 Å². The van der Waals surface area contributed by atoms with Crippen LogP contribution in [0, 0.1) is 4.91 Å². The van der Waals surface area contributed by atoms with Crippen molar-refractivity contribution in [2.45, 2.75) is 37.6 Å². The molecule has 10 heteroatoms. The molecule has 0 spiro atoms. The van der Waals surface area contributed by atoms with Crippen LogP contribution in [0.2, 0.25) is 0 Å². The molecule has 0 bridgehead atoms. The van der Waals surface area contributed by atoms with Crippen LogP contribution in [0.15, 0.2) is 47.4 Å². The Morgan fingerprint density at radius 2 is 1.76 bits per heavy atom. The van der Waals surface area contributed by atoms with Crippen LogP contribution in [0.25, 0.3) is 0 Å². The molecule has 2 heterocycles. The smallest absolute Gasteiger partial charge is 0.316 e. The summed E-state index contributed by atoms with van der Waals surface area (Å²) in [7, 11) is -2.32. The monoisotopic (exact) mass is 473 g/mol. The second-order valence-electron chi connectivity index (χ2n) is 8.31. The molecule has 4 rings (SSSR count). The zero-order chi connectivity index (χ0) is 23.8. The highest BCUT2D eigenvalue weighted by molar-refractivity contribution is 7.89. The van der Waals surface area contributed by atoms with Gasteiger partial charge in [-0.3, -0.25) is 4.79 Å². The Labute approximate surface area is 194 Å². The van der Waals surface area contributed by atoms with Gasteiger partial charge in [-0.2, -0.15) is 4.31 Å². The van der Waals surface area contributed by atoms with Crippen LogP contribution in [0.1, 0.15) is 25.8 Å². The van der Waals surface area contributed by atoms with Crippen LogP contribution < -0.4 is 9.80 Å². The maximum atomic E-state index is 13.3. The van der Waals surface area contributed by atoms with Gasteiger partial charge in [-0.05, 0) is 49.2 Å². The summed E-state index contributed by atoms with van der Waals surface area (Å²) in [6, 6.07) is 12.1. The molecule has 2 aromatic rings. The van der Waals surface area contributed by atoms with Crippen molar-refractivity contribution in [1.29, 1.82) is 0 Å². The fourth-order valence-electron chi connectivity index (χ4n) is 4.54. The third-order valence-corrected chi connectivity index (χ3v) is 8.20. The van der Waals surface area contributed by atoms with Gasteiger partial charge >= 0.3 is 5.69 Å². The Kier molecular flexibility index (Phi) is 6.40. The summed E-state index contributed by atoms with van der Waals surface area (Å²) in [5.74, 6) is 0.0474. The molecule has 0 radical (unpaired) electrons. The number of rotatable bonds is 6. The Hall–Kier alpha value is -2.98. The summed E-state index contributed by atoms with van der Waals surface area (Å²) in [6.45, 7) is 5.64. The van der Waals surface area contributed by atoms with Gasteiger partial charge < -0.3 is 9.80 Å². The van der Waals surface area contributed by atoms with E-state index in [4.69, 9.17) is 0 Å². The van der Waals surface area contributed by atoms with Gasteiger partial charge in [0.25, 0.3) is 4.92 Å². The van der Waals surface area contributed by atoms with E-state index in [0.717, 1.165) is 16.9 Å². The van der Waals surface area contributed by atoms with Crippen LogP contribution in [-0.2, 0) is 26.1 Å². The lowest BCUT2D eigenvalue weighted by Gasteiger charge is -2.35. The van der Waals surface area contributed by atoms with E-state index in [2.05, 4.69) is 9.74 Å². The Bertz CT molecular complexity index is 1160. The van der Waals surface area contributed by atoms with Crippen molar-refractivity contribution in [2.75, 3.05) is 43.1 Å². The minimum Gasteiger partial charge on any atom is -0.369 e. The number of nitrogens with zero attached hydrogens (tertiary/aromatic N) is 4. The Morgan fingerprint density at radius 1 is 1.09 bits per heavy atom. The van der Waals surface area contributed by atoms with Gasteiger partial charge in [0.1, 0.15) is 0 Å². The molecule has 33 heavy (non-hydrogen) atoms. The van der Waals surface area contributed by atoms with Gasteiger partial charge in [-0.1, -0.05) is 6.92 Å². The van der Waals surface area contributed by atoms with Gasteiger partial charge in [-0.15, -0.1) is 0 Å². The minimum atomic E-state index is -3.63. The predicted octanol–water partition coefficient (Wildman–Crippen LogP) is 2.86. The molecule has 176 valence electrons. The van der Waals surface area contributed by atoms with Gasteiger partial charge in [0.15, 0.2) is 7.11 Å². The van der Waals surface area contributed by atoms with E-state index in [-0.39, 0.29) is 16.8 Å². The lowest BCUT2D eigenvalue weighted by atomic mass is 10.1. The summed E-state index contributed by atoms with van der Waals surface area (Å²) < 4.78 is 28.1. The highest BCUT2D eigenvalue weighted by atomic mass is 32.2. The molecule has 0 N–H and O–H groups in total. The average molecular weight is 474 g/mol. The molecular weight excluding hydrogens is 444 g/mol. The van der Waals surface area contributed by atoms with Crippen molar-refractivity contribution >= 4 is 33.0 Å². The van der Waals surface area contributed by atoms with E-state index in [0.29, 0.717) is 49.6 Å². The minimum absolute atomic E-state index is 0.0259. The molecule has 0 aliphatic carbocycles. The number of sulfonamides is 1. The highest BCUT2D eigenvalue weighted by Crippen LogP contribution is 2.35. The van der Waals surface area contributed by atoms with Crippen LogP contribution in [0.3, 0.4) is 0 Å². The van der Waals surface area contributed by atoms with Crippen LogP contribution in [-0.4, -0.2) is 62.9 Å². The number of amides is 1. The zero-order valence-electron chi connectivity index (χ0n) is 19.1. The molecule has 2 aliphatic rings. The number of carbonyl (C=O) groups is 1. The Morgan fingerprint density at radius 3 is 2.36 bits per heavy atom. The molecule has 9 nitrogen and oxygen atoms in total. The SMILES string of the molecule is CCC(=O)N1c2ccc(S(=O)(=O)N3CCN(c4ccc([N+](=O)OC)cc4)CC3)cc2CC1C. The summed E-state index contributed by atoms with van der Waals surface area (Å²) >= 11 is 0. The van der Waals surface area contributed by atoms with Crippen molar-refractivity contribution in [3.05, 3.63) is 52.9 Å². The zero-order valence-corrected chi connectivity index (χ0v) is 19.9. The fourth-order valence-corrected chi connectivity index (χ4v) is 6.02. The first-order valence-electron chi connectivity index (χ1n) is 11.1. The molecule has 0 saturated carbocycles. The molecule has 1 fully saturated rings. The third-order valence-electron chi connectivity index (χ3n) is 6.31. The molecule has 1 amide bonds. The molecule has 0 aromatic heterocycles. The molecular formula is C23H29N4O5S+. The predicted molar refractivity (Wildman–Crippen MR) is 125 cm³/mol. The van der Waals surface area contributed by atoms with Gasteiger partial charge in [0.2, 0.25) is 15.9 Å². The quantitative estimate of drug-likeness (QED) is 0.600. The third kappa shape index (κ3) is 4.32. The highest BCUT2D eigenvalue weighted by Gasteiger charge is 2.33. The second kappa shape index (κ2) is 9.11. The number of benzene rings is 2. The number of hydrogen-bond acceptors (Lipinski definition) is 6. The topological polar surface area (TPSA) is 90.2 Å². The number of piperazine rings is 1. The van der Waals surface area contributed by atoms with E-state index in [1.807, 2.05) is 26.0 Å². The molecule has 2 aromatic carbocycles. The van der Waals surface area contributed by atoms with Crippen LogP contribution in [0.4, 0.5) is 17.1 Å². The largest absolute Gasteiger partial charge is 0.369 e. The molecule has 1 saturated heterocycles. The molecule has 2 aliphatic heterocycles. The fraction of sp³-hybridized carbons (Fsp3) is 0.435.